The van der Waals surface area contributed by atoms with Crippen molar-refractivity contribution < 1.29 is 26.7 Å². The first-order valence-corrected chi connectivity index (χ1v) is 8.82. The summed E-state index contributed by atoms with van der Waals surface area (Å²) in [5, 5.41) is 9.29. The van der Waals surface area contributed by atoms with E-state index in [0.717, 1.165) is 11.6 Å². The number of nitriles is 1. The molecule has 0 saturated heterocycles. The maximum atomic E-state index is 12.6. The second-order valence-electron chi connectivity index (χ2n) is 5.23. The van der Waals surface area contributed by atoms with Crippen molar-refractivity contribution in [2.45, 2.75) is 18.4 Å². The number of hydrogen-bond donors (Lipinski definition) is 0. The smallest absolute Gasteiger partial charge is 0.387 e. The monoisotopic (exact) mass is 379 g/mol. The SMILES string of the molecule is COc1cc(/C=C(\C#N)S(=O)(=O)c2ccc(C)cc2)ccc1OC(F)F. The molecule has 0 aromatic heterocycles. The minimum atomic E-state index is -4.01. The molecular formula is C18H15F2NO4S. The van der Waals surface area contributed by atoms with Crippen LogP contribution in [0, 0.1) is 18.3 Å². The fourth-order valence-corrected chi connectivity index (χ4v) is 3.29. The molecular weight excluding hydrogens is 364 g/mol. The molecule has 0 unspecified atom stereocenters. The van der Waals surface area contributed by atoms with E-state index in [0.29, 0.717) is 0 Å². The Bertz CT molecular complexity index is 962. The molecule has 2 aromatic rings. The summed E-state index contributed by atoms with van der Waals surface area (Å²) in [6.07, 6.45) is 1.14. The summed E-state index contributed by atoms with van der Waals surface area (Å²) in [6.45, 7) is -1.21. The number of methoxy groups -OCH3 is 1. The number of alkyl halides is 2. The molecule has 0 radical (unpaired) electrons. The molecule has 136 valence electrons. The zero-order chi connectivity index (χ0) is 19.3. The Balaban J connectivity index is 2.45. The summed E-state index contributed by atoms with van der Waals surface area (Å²) in [7, 11) is -2.75. The van der Waals surface area contributed by atoms with Gasteiger partial charge >= 0.3 is 6.61 Å². The molecule has 0 aliphatic carbocycles. The standard InChI is InChI=1S/C18H15F2NO4S/c1-12-3-6-14(7-4-12)26(22,23)15(11-21)9-13-5-8-16(25-18(19)20)17(10-13)24-2/h3-10,18H,1-2H3/b15-9+. The molecule has 0 aliphatic rings. The first kappa shape index (κ1) is 19.4. The van der Waals surface area contributed by atoms with Crippen LogP contribution in [-0.2, 0) is 9.84 Å². The van der Waals surface area contributed by atoms with Crippen LogP contribution in [0.1, 0.15) is 11.1 Å². The third-order valence-electron chi connectivity index (χ3n) is 3.43. The van der Waals surface area contributed by atoms with Gasteiger partial charge in [-0.3, -0.25) is 0 Å². The van der Waals surface area contributed by atoms with Crippen molar-refractivity contribution in [3.63, 3.8) is 0 Å². The summed E-state index contributed by atoms with van der Waals surface area (Å²) >= 11 is 0. The number of benzene rings is 2. The third-order valence-corrected chi connectivity index (χ3v) is 5.11. The first-order chi connectivity index (χ1) is 12.3. The van der Waals surface area contributed by atoms with Gasteiger partial charge in [-0.25, -0.2) is 8.42 Å². The second kappa shape index (κ2) is 7.97. The van der Waals surface area contributed by atoms with Crippen molar-refractivity contribution in [1.82, 2.24) is 0 Å². The molecule has 5 nitrogen and oxygen atoms in total. The first-order valence-electron chi connectivity index (χ1n) is 7.34. The molecule has 0 saturated carbocycles. The van der Waals surface area contributed by atoms with Crippen molar-refractivity contribution in [1.29, 1.82) is 5.26 Å². The van der Waals surface area contributed by atoms with Crippen LogP contribution in [0.2, 0.25) is 0 Å². The highest BCUT2D eigenvalue weighted by Crippen LogP contribution is 2.31. The van der Waals surface area contributed by atoms with Crippen LogP contribution in [0.25, 0.3) is 6.08 Å². The van der Waals surface area contributed by atoms with E-state index < -0.39 is 21.4 Å². The van der Waals surface area contributed by atoms with Crippen molar-refractivity contribution in [3.8, 4) is 17.6 Å². The van der Waals surface area contributed by atoms with Crippen molar-refractivity contribution in [2.75, 3.05) is 7.11 Å². The molecule has 0 bridgehead atoms. The van der Waals surface area contributed by atoms with E-state index in [1.54, 1.807) is 18.2 Å². The fraction of sp³-hybridized carbons (Fsp3) is 0.167. The summed E-state index contributed by atoms with van der Waals surface area (Å²) in [4.78, 5) is -0.494. The van der Waals surface area contributed by atoms with Crippen molar-refractivity contribution in [3.05, 3.63) is 58.5 Å². The molecule has 8 heteroatoms. The van der Waals surface area contributed by atoms with Crippen LogP contribution in [0.4, 0.5) is 8.78 Å². The Labute approximate surface area is 150 Å². The second-order valence-corrected chi connectivity index (χ2v) is 7.14. The van der Waals surface area contributed by atoms with Crippen LogP contribution in [0.15, 0.2) is 52.3 Å². The third kappa shape index (κ3) is 4.37. The number of rotatable bonds is 6. The van der Waals surface area contributed by atoms with Crippen LogP contribution in [0.3, 0.4) is 0 Å². The Morgan fingerprint density at radius 3 is 2.35 bits per heavy atom. The van der Waals surface area contributed by atoms with Gasteiger partial charge in [-0.05, 0) is 42.8 Å². The predicted octanol–water partition coefficient (Wildman–Crippen LogP) is 3.94. The Kier molecular flexibility index (Phi) is 5.95. The zero-order valence-electron chi connectivity index (χ0n) is 13.9. The summed E-state index contributed by atoms with van der Waals surface area (Å²) < 4.78 is 59.2. The topological polar surface area (TPSA) is 76.4 Å². The molecule has 0 N–H and O–H groups in total. The lowest BCUT2D eigenvalue weighted by molar-refractivity contribution is -0.0512. The van der Waals surface area contributed by atoms with Gasteiger partial charge in [0.2, 0.25) is 9.84 Å². The number of hydrogen-bond acceptors (Lipinski definition) is 5. The van der Waals surface area contributed by atoms with Crippen LogP contribution in [-0.4, -0.2) is 22.1 Å². The molecule has 2 aromatic carbocycles. The number of aryl methyl sites for hydroxylation is 1. The highest BCUT2D eigenvalue weighted by atomic mass is 32.2. The van der Waals surface area contributed by atoms with Crippen LogP contribution in [0.5, 0.6) is 11.5 Å². The van der Waals surface area contributed by atoms with Crippen LogP contribution >= 0.6 is 0 Å². The van der Waals surface area contributed by atoms with E-state index in [4.69, 9.17) is 4.74 Å². The average Bonchev–Trinajstić information content (AvgIpc) is 2.60. The van der Waals surface area contributed by atoms with Gasteiger partial charge in [-0.15, -0.1) is 0 Å². The summed E-state index contributed by atoms with van der Waals surface area (Å²) in [5.74, 6) is -0.205. The van der Waals surface area contributed by atoms with E-state index in [1.165, 1.54) is 37.4 Å². The fourth-order valence-electron chi connectivity index (χ4n) is 2.13. The Morgan fingerprint density at radius 1 is 1.15 bits per heavy atom. The van der Waals surface area contributed by atoms with Gasteiger partial charge in [0.15, 0.2) is 11.5 Å². The molecule has 26 heavy (non-hydrogen) atoms. The quantitative estimate of drug-likeness (QED) is 0.711. The highest BCUT2D eigenvalue weighted by molar-refractivity contribution is 7.95. The number of nitrogens with zero attached hydrogens (tertiary/aromatic N) is 1. The molecule has 0 heterocycles. The molecule has 0 amide bonds. The number of allylic oxidation sites excluding steroid dienone is 1. The Hall–Kier alpha value is -2.92. The van der Waals surface area contributed by atoms with E-state index in [9.17, 15) is 22.5 Å². The van der Waals surface area contributed by atoms with Gasteiger partial charge in [0, 0.05) is 0 Å². The molecule has 2 rings (SSSR count). The number of sulfone groups is 1. The molecule has 0 spiro atoms. The van der Waals surface area contributed by atoms with Gasteiger partial charge < -0.3 is 9.47 Å². The highest BCUT2D eigenvalue weighted by Gasteiger charge is 2.21. The lowest BCUT2D eigenvalue weighted by Crippen LogP contribution is -2.04. The largest absolute Gasteiger partial charge is 0.493 e. The average molecular weight is 379 g/mol. The Morgan fingerprint density at radius 2 is 1.81 bits per heavy atom. The maximum absolute atomic E-state index is 12.6. The molecule has 0 aliphatic heterocycles. The van der Waals surface area contributed by atoms with E-state index in [1.807, 2.05) is 6.92 Å². The number of ether oxygens (including phenoxy) is 2. The lowest BCUT2D eigenvalue weighted by Gasteiger charge is -2.10. The van der Waals surface area contributed by atoms with Crippen LogP contribution < -0.4 is 9.47 Å². The van der Waals surface area contributed by atoms with Crippen molar-refractivity contribution in [2.24, 2.45) is 0 Å². The van der Waals surface area contributed by atoms with E-state index in [-0.39, 0.29) is 22.0 Å². The minimum absolute atomic E-state index is 0.0101. The van der Waals surface area contributed by atoms with Gasteiger partial charge in [0.05, 0.1) is 12.0 Å². The van der Waals surface area contributed by atoms with Crippen molar-refractivity contribution >= 4 is 15.9 Å². The molecule has 0 atom stereocenters. The summed E-state index contributed by atoms with van der Waals surface area (Å²) in [5.41, 5.74) is 1.17. The number of halogens is 2. The molecule has 0 fully saturated rings. The predicted molar refractivity (Wildman–Crippen MR) is 91.6 cm³/mol. The van der Waals surface area contributed by atoms with E-state index in [2.05, 4.69) is 4.74 Å². The normalized spacial score (nSPS) is 11.9. The zero-order valence-corrected chi connectivity index (χ0v) is 14.8. The maximum Gasteiger partial charge on any atom is 0.387 e. The van der Waals surface area contributed by atoms with Gasteiger partial charge in [0.25, 0.3) is 0 Å². The van der Waals surface area contributed by atoms with Gasteiger partial charge in [0.1, 0.15) is 11.0 Å². The minimum Gasteiger partial charge on any atom is -0.493 e. The van der Waals surface area contributed by atoms with E-state index >= 15 is 0 Å². The van der Waals surface area contributed by atoms with Gasteiger partial charge in [-0.1, -0.05) is 23.8 Å². The van der Waals surface area contributed by atoms with Gasteiger partial charge in [-0.2, -0.15) is 14.0 Å². The summed E-state index contributed by atoms with van der Waals surface area (Å²) in [6, 6.07) is 11.6. The lowest BCUT2D eigenvalue weighted by atomic mass is 10.2.